The third-order valence-electron chi connectivity index (χ3n) is 4.08. The smallest absolute Gasteiger partial charge is 0.270 e. The summed E-state index contributed by atoms with van der Waals surface area (Å²) in [6.07, 6.45) is 0. The number of hydrogen-bond acceptors (Lipinski definition) is 4. The van der Waals surface area contributed by atoms with Crippen molar-refractivity contribution < 1.29 is 19.0 Å². The maximum Gasteiger partial charge on any atom is 0.270 e. The Bertz CT molecular complexity index is 702. The van der Waals surface area contributed by atoms with Crippen molar-refractivity contribution in [1.29, 1.82) is 0 Å². The highest BCUT2D eigenvalue weighted by atomic mass is 16.5. The summed E-state index contributed by atoms with van der Waals surface area (Å²) in [5.41, 5.74) is 1.48. The van der Waals surface area contributed by atoms with E-state index in [0.29, 0.717) is 32.0 Å². The highest BCUT2D eigenvalue weighted by Crippen LogP contribution is 2.35. The van der Waals surface area contributed by atoms with Gasteiger partial charge in [0.05, 0.1) is 33.0 Å². The number of carbonyl (C=O) groups is 1. The van der Waals surface area contributed by atoms with E-state index in [1.165, 1.54) is 0 Å². The van der Waals surface area contributed by atoms with Crippen LogP contribution in [0.5, 0.6) is 11.5 Å². The summed E-state index contributed by atoms with van der Waals surface area (Å²) in [7, 11) is 5.12. The summed E-state index contributed by atoms with van der Waals surface area (Å²) in [4.78, 5) is 14.6. The fourth-order valence-corrected chi connectivity index (χ4v) is 2.89. The molecule has 2 heterocycles. The van der Waals surface area contributed by atoms with Gasteiger partial charge in [0, 0.05) is 25.5 Å². The molecule has 22 heavy (non-hydrogen) atoms. The Labute approximate surface area is 129 Å². The van der Waals surface area contributed by atoms with Crippen LogP contribution >= 0.6 is 0 Å². The number of morpholine rings is 1. The number of nitrogens with zero attached hydrogens (tertiary/aromatic N) is 2. The van der Waals surface area contributed by atoms with Crippen LogP contribution in [0.15, 0.2) is 18.2 Å². The molecule has 0 saturated carbocycles. The van der Waals surface area contributed by atoms with E-state index in [1.54, 1.807) is 14.2 Å². The molecule has 2 aromatic rings. The molecule has 6 heteroatoms. The van der Waals surface area contributed by atoms with Crippen LogP contribution in [0.25, 0.3) is 10.9 Å². The second kappa shape index (κ2) is 5.88. The molecule has 1 fully saturated rings. The minimum absolute atomic E-state index is 0.00565. The molecular weight excluding hydrogens is 284 g/mol. The van der Waals surface area contributed by atoms with E-state index in [9.17, 15) is 4.79 Å². The van der Waals surface area contributed by atoms with Gasteiger partial charge >= 0.3 is 0 Å². The first kappa shape index (κ1) is 14.7. The van der Waals surface area contributed by atoms with Gasteiger partial charge in [0.25, 0.3) is 5.91 Å². The van der Waals surface area contributed by atoms with Crippen LogP contribution in [0.1, 0.15) is 10.5 Å². The average Bonchev–Trinajstić information content (AvgIpc) is 2.92. The number of hydrogen-bond donors (Lipinski definition) is 0. The van der Waals surface area contributed by atoms with Crippen LogP contribution in [0.2, 0.25) is 0 Å². The van der Waals surface area contributed by atoms with Crippen LogP contribution in [0, 0.1) is 0 Å². The molecule has 0 N–H and O–H groups in total. The van der Waals surface area contributed by atoms with E-state index >= 15 is 0 Å². The highest BCUT2D eigenvalue weighted by molar-refractivity contribution is 6.02. The topological polar surface area (TPSA) is 52.9 Å². The summed E-state index contributed by atoms with van der Waals surface area (Å²) < 4.78 is 18.0. The second-order valence-electron chi connectivity index (χ2n) is 5.23. The molecular formula is C16H20N2O4. The Morgan fingerprint density at radius 3 is 2.41 bits per heavy atom. The molecule has 6 nitrogen and oxygen atoms in total. The number of rotatable bonds is 3. The number of carbonyl (C=O) groups excluding carboxylic acids is 1. The molecule has 118 valence electrons. The lowest BCUT2D eigenvalue weighted by Crippen LogP contribution is -2.41. The van der Waals surface area contributed by atoms with Gasteiger partial charge in [-0.2, -0.15) is 0 Å². The number of benzene rings is 1. The second-order valence-corrected chi connectivity index (χ2v) is 5.23. The summed E-state index contributed by atoms with van der Waals surface area (Å²) in [5, 5.41) is 0.876. The summed E-state index contributed by atoms with van der Waals surface area (Å²) in [6.45, 7) is 2.41. The molecule has 0 bridgehead atoms. The van der Waals surface area contributed by atoms with Gasteiger partial charge in [-0.05, 0) is 18.2 Å². The standard InChI is InChI=1S/C16H20N2O4/c1-17-12(16(19)18-6-8-22-9-7-18)10-11-13(20-2)4-5-14(21-3)15(11)17/h4-5,10H,6-9H2,1-3H3. The maximum atomic E-state index is 12.8. The zero-order valence-corrected chi connectivity index (χ0v) is 13.1. The van der Waals surface area contributed by atoms with Crippen LogP contribution in [-0.2, 0) is 11.8 Å². The summed E-state index contributed by atoms with van der Waals surface area (Å²) >= 11 is 0. The summed E-state index contributed by atoms with van der Waals surface area (Å²) in [6, 6.07) is 5.57. The Kier molecular flexibility index (Phi) is 3.94. The van der Waals surface area contributed by atoms with Gasteiger partial charge in [-0.15, -0.1) is 0 Å². The Morgan fingerprint density at radius 2 is 1.77 bits per heavy atom. The molecule has 1 aliphatic heterocycles. The lowest BCUT2D eigenvalue weighted by Gasteiger charge is -2.26. The van der Waals surface area contributed by atoms with E-state index in [-0.39, 0.29) is 5.91 Å². The Hall–Kier alpha value is -2.21. The molecule has 1 amide bonds. The highest BCUT2D eigenvalue weighted by Gasteiger charge is 2.24. The van der Waals surface area contributed by atoms with Gasteiger partial charge in [-0.25, -0.2) is 0 Å². The van der Waals surface area contributed by atoms with Crippen molar-refractivity contribution in [2.24, 2.45) is 7.05 Å². The van der Waals surface area contributed by atoms with Gasteiger partial charge in [0.2, 0.25) is 0 Å². The van der Waals surface area contributed by atoms with Crippen LogP contribution in [-0.4, -0.2) is 55.9 Å². The van der Waals surface area contributed by atoms with Crippen molar-refractivity contribution in [1.82, 2.24) is 9.47 Å². The number of fused-ring (bicyclic) bond motifs is 1. The fraction of sp³-hybridized carbons (Fsp3) is 0.438. The lowest BCUT2D eigenvalue weighted by molar-refractivity contribution is 0.0297. The SMILES string of the molecule is COc1ccc(OC)c2c1cc(C(=O)N1CCOCC1)n2C. The van der Waals surface area contributed by atoms with Gasteiger partial charge in [0.15, 0.2) is 0 Å². The zero-order valence-electron chi connectivity index (χ0n) is 13.1. The largest absolute Gasteiger partial charge is 0.496 e. The quantitative estimate of drug-likeness (QED) is 0.865. The molecule has 1 aliphatic rings. The first-order valence-corrected chi connectivity index (χ1v) is 7.24. The molecule has 0 spiro atoms. The minimum Gasteiger partial charge on any atom is -0.496 e. The maximum absolute atomic E-state index is 12.8. The van der Waals surface area contributed by atoms with E-state index in [0.717, 1.165) is 22.4 Å². The molecule has 0 unspecified atom stereocenters. The van der Waals surface area contributed by atoms with E-state index < -0.39 is 0 Å². The van der Waals surface area contributed by atoms with Crippen LogP contribution < -0.4 is 9.47 Å². The lowest BCUT2D eigenvalue weighted by atomic mass is 10.2. The normalized spacial score (nSPS) is 15.1. The van der Waals surface area contributed by atoms with Crippen molar-refractivity contribution in [3.63, 3.8) is 0 Å². The molecule has 1 aromatic heterocycles. The molecule has 0 radical (unpaired) electrons. The summed E-state index contributed by atoms with van der Waals surface area (Å²) in [5.74, 6) is 1.46. The molecule has 0 aliphatic carbocycles. The van der Waals surface area contributed by atoms with Crippen molar-refractivity contribution in [3.8, 4) is 11.5 Å². The van der Waals surface area contributed by atoms with Crippen molar-refractivity contribution in [3.05, 3.63) is 23.9 Å². The molecule has 0 atom stereocenters. The van der Waals surface area contributed by atoms with Crippen molar-refractivity contribution >= 4 is 16.8 Å². The zero-order chi connectivity index (χ0) is 15.7. The van der Waals surface area contributed by atoms with E-state index in [4.69, 9.17) is 14.2 Å². The van der Waals surface area contributed by atoms with Crippen LogP contribution in [0.4, 0.5) is 0 Å². The number of amides is 1. The predicted octanol–water partition coefficient (Wildman–Crippen LogP) is 1.67. The minimum atomic E-state index is 0.00565. The fourth-order valence-electron chi connectivity index (χ4n) is 2.89. The van der Waals surface area contributed by atoms with Gasteiger partial charge in [-0.3, -0.25) is 4.79 Å². The van der Waals surface area contributed by atoms with Crippen LogP contribution in [0.3, 0.4) is 0 Å². The first-order chi connectivity index (χ1) is 10.7. The number of aromatic nitrogens is 1. The number of ether oxygens (including phenoxy) is 3. The van der Waals surface area contributed by atoms with Gasteiger partial charge in [-0.1, -0.05) is 0 Å². The third kappa shape index (κ3) is 2.29. The molecule has 1 aromatic carbocycles. The number of aryl methyl sites for hydroxylation is 1. The van der Waals surface area contributed by atoms with E-state index in [2.05, 4.69) is 0 Å². The predicted molar refractivity (Wildman–Crippen MR) is 82.7 cm³/mol. The molecule has 3 rings (SSSR count). The Balaban J connectivity index is 2.10. The van der Waals surface area contributed by atoms with Gasteiger partial charge in [0.1, 0.15) is 17.2 Å². The first-order valence-electron chi connectivity index (χ1n) is 7.24. The number of methoxy groups -OCH3 is 2. The Morgan fingerprint density at radius 1 is 1.14 bits per heavy atom. The third-order valence-corrected chi connectivity index (χ3v) is 4.08. The van der Waals surface area contributed by atoms with Gasteiger partial charge < -0.3 is 23.7 Å². The monoisotopic (exact) mass is 304 g/mol. The van der Waals surface area contributed by atoms with E-state index in [1.807, 2.05) is 34.7 Å². The molecule has 1 saturated heterocycles. The van der Waals surface area contributed by atoms with Crippen molar-refractivity contribution in [2.45, 2.75) is 0 Å². The average molecular weight is 304 g/mol. The van der Waals surface area contributed by atoms with Crippen molar-refractivity contribution in [2.75, 3.05) is 40.5 Å².